The van der Waals surface area contributed by atoms with E-state index in [4.69, 9.17) is 9.47 Å². The summed E-state index contributed by atoms with van der Waals surface area (Å²) >= 11 is 0. The highest BCUT2D eigenvalue weighted by molar-refractivity contribution is 5.93. The van der Waals surface area contributed by atoms with Crippen LogP contribution in [0.25, 0.3) is 10.8 Å². The van der Waals surface area contributed by atoms with Crippen LogP contribution in [0.5, 0.6) is 11.5 Å². The van der Waals surface area contributed by atoms with Gasteiger partial charge >= 0.3 is 0 Å². The van der Waals surface area contributed by atoms with Crippen molar-refractivity contribution in [3.05, 3.63) is 35.4 Å². The van der Waals surface area contributed by atoms with Crippen molar-refractivity contribution in [1.82, 2.24) is 10.6 Å². The molecule has 6 nitrogen and oxygen atoms in total. The lowest BCUT2D eigenvalue weighted by Crippen LogP contribution is -2.34. The predicted molar refractivity (Wildman–Crippen MR) is 142 cm³/mol. The maximum absolute atomic E-state index is 11.0. The Labute approximate surface area is 215 Å². The van der Waals surface area contributed by atoms with Crippen LogP contribution in [-0.4, -0.2) is 48.7 Å². The van der Waals surface area contributed by atoms with Gasteiger partial charge in [0.2, 0.25) is 0 Å². The van der Waals surface area contributed by atoms with Gasteiger partial charge in [0.25, 0.3) is 0 Å². The zero-order chi connectivity index (χ0) is 22.5. The molecule has 2 aromatic carbocycles. The number of hydrogen-bond acceptors (Lipinski definition) is 6. The van der Waals surface area contributed by atoms with Crippen molar-refractivity contribution in [3.8, 4) is 11.5 Å². The molecule has 0 amide bonds. The van der Waals surface area contributed by atoms with Gasteiger partial charge in [0.1, 0.15) is 11.5 Å². The molecule has 0 aromatic heterocycles. The van der Waals surface area contributed by atoms with E-state index in [2.05, 4.69) is 10.6 Å². The highest BCUT2D eigenvalue weighted by Crippen LogP contribution is 2.35. The zero-order valence-corrected chi connectivity index (χ0v) is 21.9. The van der Waals surface area contributed by atoms with Crippen molar-refractivity contribution in [3.63, 3.8) is 0 Å². The first-order valence-electron chi connectivity index (χ1n) is 12.1. The Morgan fingerprint density at radius 3 is 1.74 bits per heavy atom. The standard InChI is InChI=1S/C26H38N2O4.2ClH/c1-31-20-8-4-18(5-9-20)27-15-17-3-12-22-23(26(17)30)13-14-25(29)24(22)16-28-19-6-10-21(32-2)11-7-19;;/h3,12-14,18-21,27-30H,4-11,15-16H2,1-2H3;2*1H. The molecule has 0 unspecified atom stereocenters. The molecule has 0 heterocycles. The van der Waals surface area contributed by atoms with E-state index in [1.165, 1.54) is 0 Å². The van der Waals surface area contributed by atoms with E-state index in [1.54, 1.807) is 20.3 Å². The lowest BCUT2D eigenvalue weighted by Gasteiger charge is -2.29. The number of phenols is 2. The Hall–Kier alpha value is -1.28. The van der Waals surface area contributed by atoms with Crippen LogP contribution in [0.2, 0.25) is 0 Å². The Bertz CT molecular complexity index is 898. The predicted octanol–water partition coefficient (Wildman–Crippen LogP) is 5.19. The van der Waals surface area contributed by atoms with Crippen LogP contribution in [0, 0.1) is 0 Å². The van der Waals surface area contributed by atoms with Crippen molar-refractivity contribution in [1.29, 1.82) is 0 Å². The first-order chi connectivity index (χ1) is 15.6. The zero-order valence-electron chi connectivity index (χ0n) is 20.2. The quantitative estimate of drug-likeness (QED) is 0.388. The second kappa shape index (κ2) is 13.7. The molecule has 2 aliphatic rings. The highest BCUT2D eigenvalue weighted by Gasteiger charge is 2.22. The lowest BCUT2D eigenvalue weighted by atomic mass is 9.92. The molecule has 2 saturated carbocycles. The van der Waals surface area contributed by atoms with Gasteiger partial charge in [-0.05, 0) is 68.9 Å². The molecular formula is C26H40Cl2N2O4. The molecule has 192 valence electrons. The fraction of sp³-hybridized carbons (Fsp3) is 0.615. The van der Waals surface area contributed by atoms with Crippen molar-refractivity contribution in [2.75, 3.05) is 14.2 Å². The van der Waals surface area contributed by atoms with Crippen molar-refractivity contribution < 1.29 is 19.7 Å². The summed E-state index contributed by atoms with van der Waals surface area (Å²) in [6.07, 6.45) is 9.43. The summed E-state index contributed by atoms with van der Waals surface area (Å²) in [5.74, 6) is 0.582. The number of nitrogens with one attached hydrogen (secondary N) is 2. The normalized spacial score (nSPS) is 24.9. The van der Waals surface area contributed by atoms with Gasteiger partial charge in [0.15, 0.2) is 0 Å². The number of aromatic hydroxyl groups is 2. The highest BCUT2D eigenvalue weighted by atomic mass is 35.5. The van der Waals surface area contributed by atoms with Gasteiger partial charge in [-0.2, -0.15) is 0 Å². The lowest BCUT2D eigenvalue weighted by molar-refractivity contribution is 0.0623. The van der Waals surface area contributed by atoms with Gasteiger partial charge in [-0.1, -0.05) is 12.1 Å². The number of rotatable bonds is 8. The molecule has 0 saturated heterocycles. The minimum Gasteiger partial charge on any atom is -0.508 e. The number of phenolic OH excluding ortho intramolecular Hbond substituents is 2. The third-order valence-electron chi connectivity index (χ3n) is 7.51. The summed E-state index contributed by atoms with van der Waals surface area (Å²) < 4.78 is 10.9. The smallest absolute Gasteiger partial charge is 0.127 e. The van der Waals surface area contributed by atoms with Gasteiger partial charge < -0.3 is 30.3 Å². The summed E-state index contributed by atoms with van der Waals surface area (Å²) in [6, 6.07) is 8.43. The SMILES string of the molecule is COC1CCC(NCc2ccc3c(CNC4CCC(OC)CC4)c(O)ccc3c2O)CC1.Cl.Cl. The topological polar surface area (TPSA) is 83.0 Å². The minimum absolute atomic E-state index is 0. The summed E-state index contributed by atoms with van der Waals surface area (Å²) in [7, 11) is 3.58. The van der Waals surface area contributed by atoms with Crippen molar-refractivity contribution in [2.24, 2.45) is 0 Å². The van der Waals surface area contributed by atoms with E-state index in [0.717, 1.165) is 73.3 Å². The molecular weight excluding hydrogens is 475 g/mol. The number of methoxy groups -OCH3 is 2. The van der Waals surface area contributed by atoms with Crippen LogP contribution >= 0.6 is 24.8 Å². The second-order valence-electron chi connectivity index (χ2n) is 9.41. The van der Waals surface area contributed by atoms with Gasteiger partial charge in [-0.3, -0.25) is 0 Å². The summed E-state index contributed by atoms with van der Waals surface area (Å²) in [4.78, 5) is 0. The molecule has 2 fully saturated rings. The Morgan fingerprint density at radius 2 is 1.21 bits per heavy atom. The molecule has 4 rings (SSSR count). The summed E-state index contributed by atoms with van der Waals surface area (Å²) in [6.45, 7) is 1.23. The monoisotopic (exact) mass is 514 g/mol. The van der Waals surface area contributed by atoms with Crippen LogP contribution in [0.1, 0.15) is 62.5 Å². The van der Waals surface area contributed by atoms with E-state index in [0.29, 0.717) is 43.1 Å². The molecule has 0 radical (unpaired) electrons. The van der Waals surface area contributed by atoms with E-state index >= 15 is 0 Å². The van der Waals surface area contributed by atoms with Crippen molar-refractivity contribution >= 4 is 35.6 Å². The van der Waals surface area contributed by atoms with Crippen LogP contribution in [0.3, 0.4) is 0 Å². The number of benzene rings is 2. The average Bonchev–Trinajstić information content (AvgIpc) is 2.83. The van der Waals surface area contributed by atoms with Gasteiger partial charge in [0, 0.05) is 55.9 Å². The van der Waals surface area contributed by atoms with Gasteiger partial charge in [0.05, 0.1) is 12.2 Å². The molecule has 2 aromatic rings. The molecule has 0 atom stereocenters. The van der Waals surface area contributed by atoms with Crippen molar-refractivity contribution in [2.45, 2.75) is 88.7 Å². The van der Waals surface area contributed by atoms with Crippen LogP contribution in [-0.2, 0) is 22.6 Å². The Morgan fingerprint density at radius 1 is 0.706 bits per heavy atom. The van der Waals surface area contributed by atoms with Crippen LogP contribution in [0.15, 0.2) is 24.3 Å². The third-order valence-corrected chi connectivity index (χ3v) is 7.51. The first-order valence-corrected chi connectivity index (χ1v) is 12.1. The molecule has 0 spiro atoms. The molecule has 0 aliphatic heterocycles. The molecule has 8 heteroatoms. The average molecular weight is 516 g/mol. The summed E-state index contributed by atoms with van der Waals surface area (Å²) in [5.41, 5.74) is 1.75. The fourth-order valence-electron chi connectivity index (χ4n) is 5.32. The van der Waals surface area contributed by atoms with Crippen LogP contribution < -0.4 is 10.6 Å². The van der Waals surface area contributed by atoms with Gasteiger partial charge in [-0.15, -0.1) is 24.8 Å². The molecule has 34 heavy (non-hydrogen) atoms. The minimum atomic E-state index is 0. The molecule has 2 aliphatic carbocycles. The molecule has 4 N–H and O–H groups in total. The Kier molecular flexibility index (Phi) is 11.7. The third kappa shape index (κ3) is 6.90. The fourth-order valence-corrected chi connectivity index (χ4v) is 5.32. The number of halogens is 2. The maximum atomic E-state index is 11.0. The largest absolute Gasteiger partial charge is 0.508 e. The van der Waals surface area contributed by atoms with Crippen LogP contribution in [0.4, 0.5) is 0 Å². The van der Waals surface area contributed by atoms with Gasteiger partial charge in [-0.25, -0.2) is 0 Å². The number of ether oxygens (including phenoxy) is 2. The second-order valence-corrected chi connectivity index (χ2v) is 9.41. The van der Waals surface area contributed by atoms with E-state index in [1.807, 2.05) is 18.2 Å². The Balaban J connectivity index is 0.00000204. The molecule has 0 bridgehead atoms. The first kappa shape index (κ1) is 29.0. The van der Waals surface area contributed by atoms with E-state index < -0.39 is 0 Å². The number of fused-ring (bicyclic) bond motifs is 1. The van der Waals surface area contributed by atoms with E-state index in [-0.39, 0.29) is 30.6 Å². The van der Waals surface area contributed by atoms with E-state index in [9.17, 15) is 10.2 Å². The number of hydrogen-bond donors (Lipinski definition) is 4. The maximum Gasteiger partial charge on any atom is 0.127 e. The summed E-state index contributed by atoms with van der Waals surface area (Å²) in [5, 5.41) is 30.4.